The molecule has 0 spiro atoms. The van der Waals surface area contributed by atoms with Crippen LogP contribution in [0, 0.1) is 6.92 Å². The van der Waals surface area contributed by atoms with Crippen LogP contribution in [0.1, 0.15) is 38.4 Å². The predicted molar refractivity (Wildman–Crippen MR) is 71.3 cm³/mol. The number of carbonyl (C=O) groups is 1. The summed E-state index contributed by atoms with van der Waals surface area (Å²) in [5.74, 6) is 0.362. The van der Waals surface area contributed by atoms with E-state index in [4.69, 9.17) is 0 Å². The zero-order chi connectivity index (χ0) is 14.3. The maximum Gasteiger partial charge on any atom is 0.253 e. The molecule has 5 heteroatoms. The molecule has 1 saturated heterocycles. The Balaban J connectivity index is 0.000000200. The lowest BCUT2D eigenvalue weighted by molar-refractivity contribution is -0.677. The molecule has 0 bridgehead atoms. The van der Waals surface area contributed by atoms with Crippen molar-refractivity contribution in [3.05, 3.63) is 18.2 Å². The summed E-state index contributed by atoms with van der Waals surface area (Å²) in [5, 5.41) is 12.8. The van der Waals surface area contributed by atoms with E-state index in [2.05, 4.69) is 47.7 Å². The van der Waals surface area contributed by atoms with Crippen molar-refractivity contribution in [1.29, 1.82) is 0 Å². The molecule has 108 valence electrons. The van der Waals surface area contributed by atoms with Crippen LogP contribution < -0.4 is 15.0 Å². The van der Waals surface area contributed by atoms with E-state index in [9.17, 15) is 9.90 Å². The highest BCUT2D eigenvalue weighted by Gasteiger charge is 2.13. The van der Waals surface area contributed by atoms with E-state index in [1.807, 2.05) is 0 Å². The molecule has 0 saturated carbocycles. The second kappa shape index (κ2) is 7.94. The third kappa shape index (κ3) is 5.03. The van der Waals surface area contributed by atoms with E-state index < -0.39 is 5.97 Å². The van der Waals surface area contributed by atoms with Gasteiger partial charge >= 0.3 is 0 Å². The van der Waals surface area contributed by atoms with Gasteiger partial charge in [0.05, 0.1) is 19.6 Å². The van der Waals surface area contributed by atoms with Crippen LogP contribution in [0.5, 0.6) is 0 Å². The number of carbonyl (C=O) groups excluding carboxylic acids is 1. The lowest BCUT2D eigenvalue weighted by atomic mass is 10.2. The van der Waals surface area contributed by atoms with Gasteiger partial charge in [0.25, 0.3) is 5.82 Å². The predicted octanol–water partition coefficient (Wildman–Crippen LogP) is -0.0906. The van der Waals surface area contributed by atoms with Crippen LogP contribution in [0.25, 0.3) is 0 Å². The number of hydrogen-bond acceptors (Lipinski definition) is 3. The first-order valence-corrected chi connectivity index (χ1v) is 7.01. The molecule has 5 nitrogen and oxygen atoms in total. The normalized spacial score (nSPS) is 17.9. The number of hydrogen-bond donors (Lipinski definition) is 1. The van der Waals surface area contributed by atoms with Crippen LogP contribution in [0.4, 0.5) is 0 Å². The number of carboxylic acid groups (broad SMARTS) is 1. The first kappa shape index (κ1) is 15.7. The Hall–Kier alpha value is -1.36. The average molecular weight is 267 g/mol. The Morgan fingerprint density at radius 1 is 1.63 bits per heavy atom. The molecule has 1 aliphatic heterocycles. The van der Waals surface area contributed by atoms with Crippen molar-refractivity contribution in [1.82, 2.24) is 9.88 Å². The van der Waals surface area contributed by atoms with Gasteiger partial charge in [0.2, 0.25) is 0 Å². The molecule has 0 aliphatic carbocycles. The molecule has 1 aliphatic rings. The Kier molecular flexibility index (Phi) is 6.56. The maximum absolute atomic E-state index is 10.0. The summed E-state index contributed by atoms with van der Waals surface area (Å²) in [6.07, 6.45) is 8.47. The van der Waals surface area contributed by atoms with Gasteiger partial charge in [-0.2, -0.15) is 0 Å². The first-order valence-electron chi connectivity index (χ1n) is 7.01. The topological polar surface area (TPSA) is 61.0 Å². The molecule has 2 heterocycles. The Labute approximate surface area is 115 Å². The summed E-state index contributed by atoms with van der Waals surface area (Å²) in [5.41, 5.74) is 0. The Bertz CT molecular complexity index is 395. The first-order chi connectivity index (χ1) is 9.06. The molecule has 2 rings (SSSR count). The van der Waals surface area contributed by atoms with Gasteiger partial charge in [0, 0.05) is 13.0 Å². The number of rotatable bonds is 4. The summed E-state index contributed by atoms with van der Waals surface area (Å²) in [4.78, 5) is 10.0. The number of aromatic nitrogens is 2. The van der Waals surface area contributed by atoms with Crippen molar-refractivity contribution in [2.45, 2.75) is 52.1 Å². The van der Waals surface area contributed by atoms with Gasteiger partial charge in [-0.05, 0) is 25.8 Å². The van der Waals surface area contributed by atoms with Gasteiger partial charge in [-0.3, -0.25) is 0 Å². The third-order valence-corrected chi connectivity index (χ3v) is 3.49. The number of carboxylic acids is 1. The summed E-state index contributed by atoms with van der Waals surface area (Å²) < 4.78 is 4.44. The second-order valence-electron chi connectivity index (χ2n) is 4.97. The van der Waals surface area contributed by atoms with Gasteiger partial charge in [-0.1, -0.05) is 13.3 Å². The summed E-state index contributed by atoms with van der Waals surface area (Å²) in [7, 11) is 2.08. The number of imidazole rings is 1. The van der Waals surface area contributed by atoms with Crippen molar-refractivity contribution in [3.8, 4) is 0 Å². The minimum absolute atomic E-state index is 0.380. The van der Waals surface area contributed by atoms with Crippen molar-refractivity contribution in [2.24, 2.45) is 7.05 Å². The Morgan fingerprint density at radius 2 is 2.37 bits per heavy atom. The highest BCUT2D eigenvalue weighted by Crippen LogP contribution is 2.02. The SMILES string of the molecule is CCCCn1cc[n+](C)c1C.O=C([O-])[C@@H]1CCCN1. The molecule has 0 amide bonds. The van der Waals surface area contributed by atoms with Crippen LogP contribution in [0.15, 0.2) is 12.4 Å². The smallest absolute Gasteiger partial charge is 0.253 e. The van der Waals surface area contributed by atoms with Gasteiger partial charge in [-0.15, -0.1) is 0 Å². The van der Waals surface area contributed by atoms with Crippen LogP contribution in [0.2, 0.25) is 0 Å². The number of aryl methyl sites for hydroxylation is 2. The molecule has 0 radical (unpaired) electrons. The average Bonchev–Trinajstić information content (AvgIpc) is 3.01. The van der Waals surface area contributed by atoms with E-state index in [0.29, 0.717) is 0 Å². The standard InChI is InChI=1S/C9H17N2.C5H9NO2/c1-4-5-6-11-8-7-10(3)9(11)2;7-5(8)4-2-1-3-6-4/h7-8H,4-6H2,1-3H3;4,6H,1-3H2,(H,7,8)/q+1;/p-1/t;4-/m.0/s1. The van der Waals surface area contributed by atoms with Gasteiger partial charge in [0.1, 0.15) is 12.4 Å². The fourth-order valence-electron chi connectivity index (χ4n) is 2.05. The zero-order valence-corrected chi connectivity index (χ0v) is 12.2. The van der Waals surface area contributed by atoms with E-state index in [1.54, 1.807) is 0 Å². The fraction of sp³-hybridized carbons (Fsp3) is 0.714. The van der Waals surface area contributed by atoms with E-state index in [-0.39, 0.29) is 6.04 Å². The number of unbranched alkanes of at least 4 members (excludes halogenated alkanes) is 1. The summed E-state index contributed by atoms with van der Waals surface area (Å²) in [6, 6.07) is -0.380. The second-order valence-corrected chi connectivity index (χ2v) is 4.97. The van der Waals surface area contributed by atoms with E-state index in [1.165, 1.54) is 18.7 Å². The Morgan fingerprint density at radius 3 is 2.74 bits per heavy atom. The highest BCUT2D eigenvalue weighted by atomic mass is 16.4. The van der Waals surface area contributed by atoms with Crippen LogP contribution in [-0.4, -0.2) is 23.1 Å². The molecule has 1 aromatic rings. The van der Waals surface area contributed by atoms with E-state index >= 15 is 0 Å². The molecule has 0 unspecified atom stereocenters. The maximum atomic E-state index is 10.0. The van der Waals surface area contributed by atoms with Crippen molar-refractivity contribution in [3.63, 3.8) is 0 Å². The lowest BCUT2D eigenvalue weighted by Crippen LogP contribution is -2.41. The quantitative estimate of drug-likeness (QED) is 0.776. The van der Waals surface area contributed by atoms with Crippen LogP contribution in [-0.2, 0) is 18.4 Å². The van der Waals surface area contributed by atoms with Crippen molar-refractivity contribution < 1.29 is 14.5 Å². The minimum atomic E-state index is -0.970. The zero-order valence-electron chi connectivity index (χ0n) is 12.2. The summed E-state index contributed by atoms with van der Waals surface area (Å²) >= 11 is 0. The largest absolute Gasteiger partial charge is 0.548 e. The molecule has 1 N–H and O–H groups in total. The number of aliphatic carboxylic acids is 1. The minimum Gasteiger partial charge on any atom is -0.548 e. The molecule has 1 aromatic heterocycles. The van der Waals surface area contributed by atoms with Gasteiger partial charge in [0.15, 0.2) is 0 Å². The molecular formula is C14H25N3O2. The molecule has 1 atom stereocenters. The number of nitrogens with one attached hydrogen (secondary N) is 1. The van der Waals surface area contributed by atoms with E-state index in [0.717, 1.165) is 25.9 Å². The molecule has 1 fully saturated rings. The van der Waals surface area contributed by atoms with Crippen molar-refractivity contribution in [2.75, 3.05) is 6.54 Å². The van der Waals surface area contributed by atoms with Gasteiger partial charge in [-0.25, -0.2) is 9.13 Å². The molecule has 19 heavy (non-hydrogen) atoms. The number of nitrogens with zero attached hydrogens (tertiary/aromatic N) is 2. The van der Waals surface area contributed by atoms with Crippen molar-refractivity contribution >= 4 is 5.97 Å². The molecule has 0 aromatic carbocycles. The van der Waals surface area contributed by atoms with Gasteiger partial charge < -0.3 is 15.2 Å². The summed E-state index contributed by atoms with van der Waals surface area (Å²) in [6.45, 7) is 6.34. The lowest BCUT2D eigenvalue weighted by Gasteiger charge is -2.08. The monoisotopic (exact) mass is 267 g/mol. The molecular weight excluding hydrogens is 242 g/mol. The fourth-order valence-corrected chi connectivity index (χ4v) is 2.05. The van der Waals surface area contributed by atoms with Crippen LogP contribution >= 0.6 is 0 Å². The van der Waals surface area contributed by atoms with Crippen LogP contribution in [0.3, 0.4) is 0 Å². The highest BCUT2D eigenvalue weighted by molar-refractivity contribution is 5.71. The third-order valence-electron chi connectivity index (χ3n) is 3.49.